The topological polar surface area (TPSA) is 25.8 Å². The fraction of sp³-hybridized carbons (Fsp3) is 0.300. The van der Waals surface area contributed by atoms with E-state index in [0.29, 0.717) is 11.3 Å². The van der Waals surface area contributed by atoms with Crippen molar-refractivity contribution in [3.63, 3.8) is 0 Å². The molecule has 0 atom stereocenters. The van der Waals surface area contributed by atoms with Gasteiger partial charge in [0, 0.05) is 33.7 Å². The molecular formula is C40H43FGeIrN2S-2. The average molecular weight is 874 g/mol. The van der Waals surface area contributed by atoms with Crippen molar-refractivity contribution in [1.82, 2.24) is 9.97 Å². The quantitative estimate of drug-likeness (QED) is 0.127. The van der Waals surface area contributed by atoms with Crippen LogP contribution in [-0.4, -0.2) is 23.2 Å². The van der Waals surface area contributed by atoms with E-state index in [1.165, 1.54) is 21.5 Å². The van der Waals surface area contributed by atoms with E-state index in [4.69, 9.17) is 8.22 Å². The normalized spacial score (nSPS) is 14.5. The van der Waals surface area contributed by atoms with Gasteiger partial charge in [-0.25, -0.2) is 0 Å². The number of aryl methyl sites for hydroxylation is 1. The molecule has 0 amide bonds. The third kappa shape index (κ3) is 8.41. The first-order valence-corrected chi connectivity index (χ1v) is 23.2. The van der Waals surface area contributed by atoms with E-state index < -0.39 is 43.6 Å². The van der Waals surface area contributed by atoms with Crippen molar-refractivity contribution in [3.8, 4) is 22.5 Å². The van der Waals surface area contributed by atoms with E-state index in [-0.39, 0.29) is 31.2 Å². The first-order valence-electron chi connectivity index (χ1n) is 18.0. The smallest absolute Gasteiger partial charge is 0.0321 e. The summed E-state index contributed by atoms with van der Waals surface area (Å²) in [5, 5.41) is 2.44. The van der Waals surface area contributed by atoms with Crippen LogP contribution in [0.15, 0.2) is 79.1 Å². The van der Waals surface area contributed by atoms with Crippen molar-refractivity contribution in [3.05, 3.63) is 114 Å². The molecule has 0 saturated carbocycles. The molecule has 0 unspecified atom stereocenters. The fourth-order valence-electron chi connectivity index (χ4n) is 5.23. The van der Waals surface area contributed by atoms with Crippen molar-refractivity contribution in [2.45, 2.75) is 71.0 Å². The van der Waals surface area contributed by atoms with Gasteiger partial charge in [0.15, 0.2) is 0 Å². The van der Waals surface area contributed by atoms with Gasteiger partial charge in [-0.2, -0.15) is 11.3 Å². The van der Waals surface area contributed by atoms with E-state index >= 15 is 0 Å². The molecule has 0 bridgehead atoms. The molecule has 46 heavy (non-hydrogen) atoms. The predicted octanol–water partition coefficient (Wildman–Crippen LogP) is 11.2. The van der Waals surface area contributed by atoms with Crippen LogP contribution in [0.5, 0.6) is 0 Å². The average Bonchev–Trinajstić information content (AvgIpc) is 3.42. The van der Waals surface area contributed by atoms with Crippen LogP contribution < -0.4 is 4.40 Å². The molecule has 3 heterocycles. The van der Waals surface area contributed by atoms with Crippen LogP contribution in [0, 0.1) is 30.2 Å². The van der Waals surface area contributed by atoms with Crippen LogP contribution in [-0.2, 0) is 26.5 Å². The SMILES string of the molecule is [2H]C([2H])([2H])c1c[c-]c(-c2cc(C([2H])(C)C)[c]([Ge]([CH3])([CH3])[CH3])cn2)c(F)c1.[2H]C([2H])(c1ccnc(-c2[c-]ccc3c2sc2ccccc23)c1)C(C)(C)C.[Ir]. The van der Waals surface area contributed by atoms with E-state index in [2.05, 4.69) is 69.7 Å². The standard InChI is InChI=1S/C22H20NS.C18H23FGeN.Ir/c1-22(2,3)14-15-11-12-23-19(13-15)18-9-6-8-17-16-7-4-5-10-20(16)24-21(17)18;1-12(2)15-10-18(21-11-17(15)20(4,5)6)14-8-7-13(3)9-16(14)19;/h4-8,10-13H,14H2,1-3H3;7,9-12H,1-6H3;/q2*-1;/i14D2;3D3,12D;. The van der Waals surface area contributed by atoms with Crippen molar-refractivity contribution in [2.75, 3.05) is 0 Å². The first-order chi connectivity index (χ1) is 23.5. The van der Waals surface area contributed by atoms with Crippen LogP contribution in [0.1, 0.15) is 65.4 Å². The number of halogens is 1. The molecule has 2 nitrogen and oxygen atoms in total. The predicted molar refractivity (Wildman–Crippen MR) is 195 cm³/mol. The minimum atomic E-state index is -2.37. The Morgan fingerprint density at radius 3 is 2.39 bits per heavy atom. The Bertz CT molecular complexity index is 2220. The fourth-order valence-corrected chi connectivity index (χ4v) is 9.75. The Morgan fingerprint density at radius 2 is 1.72 bits per heavy atom. The number of pyridine rings is 2. The monoisotopic (exact) mass is 875 g/mol. The molecule has 3 aromatic heterocycles. The molecule has 6 aromatic rings. The van der Waals surface area contributed by atoms with Crippen LogP contribution in [0.4, 0.5) is 4.39 Å². The summed E-state index contributed by atoms with van der Waals surface area (Å²) in [6, 6.07) is 26.2. The first kappa shape index (κ1) is 28.3. The molecule has 0 aliphatic heterocycles. The number of fused-ring (bicyclic) bond motifs is 3. The summed E-state index contributed by atoms with van der Waals surface area (Å²) < 4.78 is 65.7. The minimum absolute atomic E-state index is 0. The second-order valence-electron chi connectivity index (χ2n) is 13.5. The Balaban J connectivity index is 0.000000229. The van der Waals surface area contributed by atoms with Gasteiger partial charge < -0.3 is 4.98 Å². The molecule has 3 aromatic carbocycles. The van der Waals surface area contributed by atoms with Gasteiger partial charge >= 0.3 is 135 Å². The van der Waals surface area contributed by atoms with Crippen LogP contribution in [0.3, 0.4) is 0 Å². The Kier molecular flexibility index (Phi) is 8.99. The summed E-state index contributed by atoms with van der Waals surface area (Å²) in [5.41, 5.74) is 3.13. The Labute approximate surface area is 303 Å². The van der Waals surface area contributed by atoms with E-state index in [1.54, 1.807) is 49.7 Å². The summed E-state index contributed by atoms with van der Waals surface area (Å²) >= 11 is -0.514. The molecule has 1 radical (unpaired) electrons. The van der Waals surface area contributed by atoms with Crippen LogP contribution >= 0.6 is 11.3 Å². The third-order valence-corrected chi connectivity index (χ3v) is 12.7. The van der Waals surface area contributed by atoms with E-state index in [9.17, 15) is 4.39 Å². The zero-order valence-corrected chi connectivity index (χ0v) is 32.8. The minimum Gasteiger partial charge on any atom is -0.305 e. The second kappa shape index (κ2) is 14.6. The largest absolute Gasteiger partial charge is 0.305 e. The number of thiophene rings is 1. The molecule has 0 saturated heterocycles. The molecule has 0 spiro atoms. The summed E-state index contributed by atoms with van der Waals surface area (Å²) in [7, 11) is 0. The summed E-state index contributed by atoms with van der Waals surface area (Å²) in [5.74, 6) is 5.18. The molecule has 0 N–H and O–H groups in total. The molecule has 0 aliphatic rings. The number of hydrogen-bond donors (Lipinski definition) is 0. The molecule has 0 fully saturated rings. The van der Waals surface area contributed by atoms with Gasteiger partial charge in [-0.3, -0.25) is 0 Å². The maximum Gasteiger partial charge on any atom is 0.0321 e. The second-order valence-corrected chi connectivity index (χ2v) is 25.1. The van der Waals surface area contributed by atoms with Gasteiger partial charge in [0.2, 0.25) is 0 Å². The molecule has 0 aliphatic carbocycles. The van der Waals surface area contributed by atoms with E-state index in [0.717, 1.165) is 32.0 Å². The molecule has 241 valence electrons. The van der Waals surface area contributed by atoms with Gasteiger partial charge in [-0.1, -0.05) is 56.0 Å². The van der Waals surface area contributed by atoms with Crippen molar-refractivity contribution < 1.29 is 32.7 Å². The van der Waals surface area contributed by atoms with Gasteiger partial charge in [0.1, 0.15) is 0 Å². The van der Waals surface area contributed by atoms with Gasteiger partial charge in [0.05, 0.1) is 0 Å². The number of aromatic nitrogens is 2. The van der Waals surface area contributed by atoms with Gasteiger partial charge in [0.25, 0.3) is 0 Å². The third-order valence-electron chi connectivity index (χ3n) is 7.27. The van der Waals surface area contributed by atoms with Gasteiger partial charge in [-0.05, 0) is 39.7 Å². The number of rotatable bonds is 5. The number of nitrogens with zero attached hydrogens (tertiary/aromatic N) is 2. The molecule has 6 rings (SSSR count). The summed E-state index contributed by atoms with van der Waals surface area (Å²) in [6.07, 6.45) is 2.01. The zero-order valence-electron chi connectivity index (χ0n) is 33.5. The zero-order chi connectivity index (χ0) is 37.7. The summed E-state index contributed by atoms with van der Waals surface area (Å²) in [4.78, 5) is 8.93. The number of benzene rings is 3. The van der Waals surface area contributed by atoms with Crippen molar-refractivity contribution >= 4 is 49.2 Å². The maximum absolute atomic E-state index is 14.5. The summed E-state index contributed by atoms with van der Waals surface area (Å²) in [6.45, 7) is 7.01. The Morgan fingerprint density at radius 1 is 0.978 bits per heavy atom. The van der Waals surface area contributed by atoms with Crippen LogP contribution in [0.2, 0.25) is 17.3 Å². The molecular weight excluding hydrogens is 824 g/mol. The van der Waals surface area contributed by atoms with E-state index in [1.807, 2.05) is 32.9 Å². The van der Waals surface area contributed by atoms with Crippen molar-refractivity contribution in [1.29, 1.82) is 0 Å². The van der Waals surface area contributed by atoms with Gasteiger partial charge in [-0.15, -0.1) is 23.8 Å². The van der Waals surface area contributed by atoms with Crippen molar-refractivity contribution in [2.24, 2.45) is 5.41 Å². The number of hydrogen-bond acceptors (Lipinski definition) is 3. The Hall–Kier alpha value is -2.70. The molecule has 6 heteroatoms. The van der Waals surface area contributed by atoms with Crippen LogP contribution in [0.25, 0.3) is 42.7 Å². The maximum atomic E-state index is 14.5.